The highest BCUT2D eigenvalue weighted by molar-refractivity contribution is 7.92. The second kappa shape index (κ2) is 5.38. The van der Waals surface area contributed by atoms with Crippen molar-refractivity contribution in [1.82, 2.24) is 9.78 Å². The number of sulfonamides is 1. The number of aryl methyl sites for hydroxylation is 1. The van der Waals surface area contributed by atoms with Gasteiger partial charge in [-0.3, -0.25) is 25.4 Å². The van der Waals surface area contributed by atoms with Gasteiger partial charge in [0.2, 0.25) is 0 Å². The molecule has 0 saturated carbocycles. The van der Waals surface area contributed by atoms with Gasteiger partial charge in [0.25, 0.3) is 15.7 Å². The third kappa shape index (κ3) is 3.09. The molecule has 1 aromatic heterocycles. The van der Waals surface area contributed by atoms with Crippen LogP contribution >= 0.6 is 0 Å². The van der Waals surface area contributed by atoms with Crippen molar-refractivity contribution < 1.29 is 13.3 Å². The van der Waals surface area contributed by atoms with Gasteiger partial charge in [0.05, 0.1) is 22.5 Å². The molecule has 0 aliphatic heterocycles. The molecule has 0 fully saturated rings. The number of hydrogen-bond acceptors (Lipinski definition) is 7. The molecule has 0 amide bonds. The van der Waals surface area contributed by atoms with E-state index in [1.807, 2.05) is 0 Å². The van der Waals surface area contributed by atoms with E-state index in [9.17, 15) is 18.5 Å². The van der Waals surface area contributed by atoms with Crippen LogP contribution in [0.5, 0.6) is 0 Å². The first-order valence-electron chi connectivity index (χ1n) is 5.60. The molecule has 2 aromatic rings. The van der Waals surface area contributed by atoms with E-state index in [2.05, 4.69) is 15.2 Å². The van der Waals surface area contributed by atoms with Crippen LogP contribution in [0.15, 0.2) is 35.5 Å². The summed E-state index contributed by atoms with van der Waals surface area (Å²) in [5, 5.41) is 14.8. The Hall–Kier alpha value is -2.66. The summed E-state index contributed by atoms with van der Waals surface area (Å²) in [6.07, 6.45) is 2.72. The standard InChI is InChI=1S/C10H12N6O4S/c1-15-6-8(5-12-15)14-21(19,20)10-3-2-7(13-11)4-9(10)16(17)18/h2-6,13-14H,11H2,1H3. The topological polar surface area (TPSA) is 145 Å². The number of nitro groups is 1. The molecule has 1 heterocycles. The number of nitrogens with two attached hydrogens (primary N) is 1. The third-order valence-electron chi connectivity index (χ3n) is 2.57. The summed E-state index contributed by atoms with van der Waals surface area (Å²) >= 11 is 0. The molecule has 11 heteroatoms. The molecule has 0 atom stereocenters. The van der Waals surface area contributed by atoms with Gasteiger partial charge in [-0.05, 0) is 12.1 Å². The van der Waals surface area contributed by atoms with E-state index >= 15 is 0 Å². The van der Waals surface area contributed by atoms with Gasteiger partial charge in [-0.1, -0.05) is 0 Å². The van der Waals surface area contributed by atoms with Crippen LogP contribution < -0.4 is 16.0 Å². The molecule has 1 aromatic carbocycles. The lowest BCUT2D eigenvalue weighted by Crippen LogP contribution is -2.15. The average Bonchev–Trinajstić information content (AvgIpc) is 2.82. The molecule has 0 aliphatic rings. The Morgan fingerprint density at radius 3 is 2.62 bits per heavy atom. The van der Waals surface area contributed by atoms with Gasteiger partial charge in [0.15, 0.2) is 4.90 Å². The maximum Gasteiger partial charge on any atom is 0.291 e. The van der Waals surface area contributed by atoms with E-state index in [-0.39, 0.29) is 11.4 Å². The Kier molecular flexibility index (Phi) is 3.78. The van der Waals surface area contributed by atoms with Gasteiger partial charge < -0.3 is 5.43 Å². The molecule has 0 saturated heterocycles. The molecule has 0 unspecified atom stereocenters. The number of aromatic nitrogens is 2. The van der Waals surface area contributed by atoms with Crippen molar-refractivity contribution >= 4 is 27.1 Å². The molecule has 4 N–H and O–H groups in total. The summed E-state index contributed by atoms with van der Waals surface area (Å²) in [7, 11) is -2.50. The molecule has 0 aliphatic carbocycles. The molecule has 10 nitrogen and oxygen atoms in total. The number of rotatable bonds is 5. The third-order valence-corrected chi connectivity index (χ3v) is 4.00. The Balaban J connectivity index is 2.46. The monoisotopic (exact) mass is 312 g/mol. The first-order chi connectivity index (χ1) is 9.83. The van der Waals surface area contributed by atoms with Crippen LogP contribution in [0.3, 0.4) is 0 Å². The fraction of sp³-hybridized carbons (Fsp3) is 0.100. The fourth-order valence-electron chi connectivity index (χ4n) is 1.66. The maximum atomic E-state index is 12.2. The first-order valence-corrected chi connectivity index (χ1v) is 7.08. The fourth-order valence-corrected chi connectivity index (χ4v) is 2.84. The Bertz CT molecular complexity index is 785. The minimum atomic E-state index is -4.11. The SMILES string of the molecule is Cn1cc(NS(=O)(=O)c2ccc(NN)cc2[N+](=O)[O-])cn1. The summed E-state index contributed by atoms with van der Waals surface area (Å²) in [6, 6.07) is 3.47. The highest BCUT2D eigenvalue weighted by Crippen LogP contribution is 2.28. The van der Waals surface area contributed by atoms with E-state index in [1.165, 1.54) is 23.1 Å². The van der Waals surface area contributed by atoms with Crippen molar-refractivity contribution in [3.63, 3.8) is 0 Å². The molecule has 0 bridgehead atoms. The predicted octanol–water partition coefficient (Wildman–Crippen LogP) is 0.415. The molecule has 21 heavy (non-hydrogen) atoms. The zero-order chi connectivity index (χ0) is 15.6. The molecule has 0 spiro atoms. The van der Waals surface area contributed by atoms with E-state index in [0.29, 0.717) is 0 Å². The van der Waals surface area contributed by atoms with Crippen molar-refractivity contribution in [2.24, 2.45) is 12.9 Å². The quantitative estimate of drug-likeness (QED) is 0.412. The van der Waals surface area contributed by atoms with Crippen molar-refractivity contribution in [2.75, 3.05) is 10.1 Å². The number of anilines is 2. The van der Waals surface area contributed by atoms with E-state index in [0.717, 1.165) is 12.1 Å². The van der Waals surface area contributed by atoms with Gasteiger partial charge in [0, 0.05) is 19.3 Å². The first kappa shape index (κ1) is 14.7. The van der Waals surface area contributed by atoms with Gasteiger partial charge in [-0.25, -0.2) is 8.42 Å². The van der Waals surface area contributed by atoms with Crippen molar-refractivity contribution in [2.45, 2.75) is 4.90 Å². The van der Waals surface area contributed by atoms with Gasteiger partial charge in [-0.15, -0.1) is 0 Å². The van der Waals surface area contributed by atoms with Crippen LogP contribution in [0, 0.1) is 10.1 Å². The molecule has 0 radical (unpaired) electrons. The van der Waals surface area contributed by atoms with Gasteiger partial charge >= 0.3 is 0 Å². The van der Waals surface area contributed by atoms with E-state index in [1.54, 1.807) is 7.05 Å². The lowest BCUT2D eigenvalue weighted by Gasteiger charge is -2.08. The summed E-state index contributed by atoms with van der Waals surface area (Å²) in [6.45, 7) is 0. The molecular formula is C10H12N6O4S. The van der Waals surface area contributed by atoms with Crippen molar-refractivity contribution in [3.8, 4) is 0 Å². The summed E-state index contributed by atoms with van der Waals surface area (Å²) in [4.78, 5) is 9.77. The highest BCUT2D eigenvalue weighted by Gasteiger charge is 2.26. The van der Waals surface area contributed by atoms with Crippen LogP contribution in [0.2, 0.25) is 0 Å². The Morgan fingerprint density at radius 1 is 1.38 bits per heavy atom. The van der Waals surface area contributed by atoms with Gasteiger partial charge in [0.1, 0.15) is 0 Å². The van der Waals surface area contributed by atoms with Crippen LogP contribution in [0.4, 0.5) is 17.1 Å². The maximum absolute atomic E-state index is 12.2. The average molecular weight is 312 g/mol. The van der Waals surface area contributed by atoms with Crippen LogP contribution in [0.1, 0.15) is 0 Å². The minimum absolute atomic E-state index is 0.202. The van der Waals surface area contributed by atoms with E-state index < -0.39 is 25.5 Å². The number of nitro benzene ring substituents is 1. The second-order valence-electron chi connectivity index (χ2n) is 4.09. The Labute approximate surface area is 119 Å². The minimum Gasteiger partial charge on any atom is -0.324 e. The predicted molar refractivity (Wildman–Crippen MR) is 74.9 cm³/mol. The largest absolute Gasteiger partial charge is 0.324 e. The molecule has 2 rings (SSSR count). The van der Waals surface area contributed by atoms with Crippen molar-refractivity contribution in [3.05, 3.63) is 40.7 Å². The summed E-state index contributed by atoms with van der Waals surface area (Å²) in [5.41, 5.74) is 2.07. The number of hydrogen-bond donors (Lipinski definition) is 3. The van der Waals surface area contributed by atoms with E-state index in [4.69, 9.17) is 5.84 Å². The van der Waals surface area contributed by atoms with Crippen LogP contribution in [-0.2, 0) is 17.1 Å². The normalized spacial score (nSPS) is 11.1. The zero-order valence-corrected chi connectivity index (χ0v) is 11.7. The second-order valence-corrected chi connectivity index (χ2v) is 5.74. The number of nitrogen functional groups attached to an aromatic ring is 1. The van der Waals surface area contributed by atoms with Crippen LogP contribution in [0.25, 0.3) is 0 Å². The van der Waals surface area contributed by atoms with Gasteiger partial charge in [-0.2, -0.15) is 5.10 Å². The molecular weight excluding hydrogens is 300 g/mol. The highest BCUT2D eigenvalue weighted by atomic mass is 32.2. The number of hydrazine groups is 1. The lowest BCUT2D eigenvalue weighted by molar-refractivity contribution is -0.387. The summed E-state index contributed by atoms with van der Waals surface area (Å²) in [5.74, 6) is 5.16. The lowest BCUT2D eigenvalue weighted by atomic mass is 10.3. The zero-order valence-electron chi connectivity index (χ0n) is 10.8. The molecule has 112 valence electrons. The number of nitrogens with one attached hydrogen (secondary N) is 2. The smallest absolute Gasteiger partial charge is 0.291 e. The Morgan fingerprint density at radius 2 is 2.10 bits per heavy atom. The van der Waals surface area contributed by atoms with Crippen LogP contribution in [-0.4, -0.2) is 23.1 Å². The summed E-state index contributed by atoms with van der Waals surface area (Å²) < 4.78 is 28.1. The number of benzene rings is 1. The number of nitrogens with zero attached hydrogens (tertiary/aromatic N) is 3. The van der Waals surface area contributed by atoms with Crippen molar-refractivity contribution in [1.29, 1.82) is 0 Å².